The van der Waals surface area contributed by atoms with Crippen molar-refractivity contribution in [3.8, 4) is 11.5 Å². The van der Waals surface area contributed by atoms with Crippen molar-refractivity contribution in [3.63, 3.8) is 0 Å². The minimum Gasteiger partial charge on any atom is -0.497 e. The highest BCUT2D eigenvalue weighted by Gasteiger charge is 2.26. The number of halogens is 1. The van der Waals surface area contributed by atoms with E-state index in [1.54, 1.807) is 49.5 Å². The van der Waals surface area contributed by atoms with Gasteiger partial charge in [0.1, 0.15) is 17.3 Å². The van der Waals surface area contributed by atoms with Gasteiger partial charge in [-0.15, -0.1) is 0 Å². The van der Waals surface area contributed by atoms with Crippen LogP contribution in [0.1, 0.15) is 15.9 Å². The van der Waals surface area contributed by atoms with Crippen molar-refractivity contribution in [2.45, 2.75) is 0 Å². The van der Waals surface area contributed by atoms with Crippen LogP contribution in [0.15, 0.2) is 47.5 Å². The van der Waals surface area contributed by atoms with Gasteiger partial charge in [0, 0.05) is 28.8 Å². The molecule has 0 unspecified atom stereocenters. The van der Waals surface area contributed by atoms with E-state index in [0.29, 0.717) is 41.0 Å². The van der Waals surface area contributed by atoms with Crippen LogP contribution in [0, 0.1) is 0 Å². The quantitative estimate of drug-likeness (QED) is 0.855. The Kier molecular flexibility index (Phi) is 4.71. The van der Waals surface area contributed by atoms with Crippen LogP contribution in [0.25, 0.3) is 0 Å². The second-order valence-corrected chi connectivity index (χ2v) is 5.71. The molecule has 2 aromatic rings. The van der Waals surface area contributed by atoms with Gasteiger partial charge in [0.15, 0.2) is 0 Å². The van der Waals surface area contributed by atoms with E-state index in [1.807, 2.05) is 12.1 Å². The zero-order chi connectivity index (χ0) is 17.1. The molecule has 2 aromatic carbocycles. The summed E-state index contributed by atoms with van der Waals surface area (Å²) in [5, 5.41) is 0.609. The maximum Gasteiger partial charge on any atom is 0.259 e. The van der Waals surface area contributed by atoms with E-state index in [-0.39, 0.29) is 5.91 Å². The fourth-order valence-electron chi connectivity index (χ4n) is 2.61. The average molecular weight is 345 g/mol. The Bertz CT molecular complexity index is 782. The van der Waals surface area contributed by atoms with Gasteiger partial charge in [0.25, 0.3) is 5.91 Å². The number of methoxy groups -OCH3 is 2. The van der Waals surface area contributed by atoms with Gasteiger partial charge in [-0.1, -0.05) is 23.7 Å². The highest BCUT2D eigenvalue weighted by atomic mass is 35.5. The third-order valence-electron chi connectivity index (χ3n) is 3.77. The molecular formula is C18H17ClN2O3. The van der Waals surface area contributed by atoms with Gasteiger partial charge in [0.05, 0.1) is 20.8 Å². The van der Waals surface area contributed by atoms with Crippen molar-refractivity contribution in [1.82, 2.24) is 4.90 Å². The van der Waals surface area contributed by atoms with Crippen LogP contribution in [-0.2, 0) is 0 Å². The van der Waals surface area contributed by atoms with Crippen molar-refractivity contribution in [3.05, 3.63) is 58.6 Å². The van der Waals surface area contributed by atoms with E-state index in [1.165, 1.54) is 0 Å². The fraction of sp³-hybridized carbons (Fsp3) is 0.222. The minimum atomic E-state index is -0.150. The Balaban J connectivity index is 1.94. The van der Waals surface area contributed by atoms with E-state index in [4.69, 9.17) is 21.1 Å². The molecule has 0 bridgehead atoms. The molecule has 0 saturated heterocycles. The second kappa shape index (κ2) is 6.93. The fourth-order valence-corrected chi connectivity index (χ4v) is 2.80. The molecule has 0 fully saturated rings. The van der Waals surface area contributed by atoms with Crippen molar-refractivity contribution in [2.75, 3.05) is 27.3 Å². The number of rotatable bonds is 4. The molecule has 0 aromatic heterocycles. The first kappa shape index (κ1) is 16.3. The standard InChI is InChI=1S/C18H17ClN2O3/c1-23-15-9-13(10-16(11-15)24-2)18(22)21-7-6-20-17(21)12-4-3-5-14(19)8-12/h3-5,8-11H,6-7H2,1-2H3. The Morgan fingerprint density at radius 1 is 1.12 bits per heavy atom. The maximum atomic E-state index is 13.0. The van der Waals surface area contributed by atoms with E-state index >= 15 is 0 Å². The second-order valence-electron chi connectivity index (χ2n) is 5.27. The van der Waals surface area contributed by atoms with Gasteiger partial charge in [-0.05, 0) is 24.3 Å². The largest absolute Gasteiger partial charge is 0.497 e. The summed E-state index contributed by atoms with van der Waals surface area (Å²) in [7, 11) is 3.11. The number of carbonyl (C=O) groups excluding carboxylic acids is 1. The maximum absolute atomic E-state index is 13.0. The molecule has 1 amide bonds. The van der Waals surface area contributed by atoms with E-state index < -0.39 is 0 Å². The molecule has 1 aliphatic rings. The number of hydrogen-bond acceptors (Lipinski definition) is 4. The summed E-state index contributed by atoms with van der Waals surface area (Å²) in [6, 6.07) is 12.4. The Labute approximate surface area is 145 Å². The number of aliphatic imine (C=N–C) groups is 1. The molecule has 0 radical (unpaired) electrons. The monoisotopic (exact) mass is 344 g/mol. The van der Waals surface area contributed by atoms with E-state index in [9.17, 15) is 4.79 Å². The SMILES string of the molecule is COc1cc(OC)cc(C(=O)N2CCN=C2c2cccc(Cl)c2)c1. The zero-order valence-corrected chi connectivity index (χ0v) is 14.2. The van der Waals surface area contributed by atoms with E-state index in [2.05, 4.69) is 4.99 Å². The van der Waals surface area contributed by atoms with Crippen LogP contribution in [0.4, 0.5) is 0 Å². The van der Waals surface area contributed by atoms with Crippen LogP contribution in [0.5, 0.6) is 11.5 Å². The van der Waals surface area contributed by atoms with Crippen LogP contribution in [-0.4, -0.2) is 44.0 Å². The Hall–Kier alpha value is -2.53. The number of ether oxygens (including phenoxy) is 2. The molecule has 1 aliphatic heterocycles. The predicted octanol–water partition coefficient (Wildman–Crippen LogP) is 3.26. The number of benzene rings is 2. The summed E-state index contributed by atoms with van der Waals surface area (Å²) in [5.74, 6) is 1.61. The molecule has 0 spiro atoms. The van der Waals surface area contributed by atoms with Crippen molar-refractivity contribution < 1.29 is 14.3 Å². The summed E-state index contributed by atoms with van der Waals surface area (Å²) in [6.45, 7) is 1.09. The predicted molar refractivity (Wildman–Crippen MR) is 93.4 cm³/mol. The Morgan fingerprint density at radius 2 is 1.83 bits per heavy atom. The molecule has 6 heteroatoms. The van der Waals surface area contributed by atoms with Gasteiger partial charge < -0.3 is 9.47 Å². The van der Waals surface area contributed by atoms with Crippen molar-refractivity contribution in [2.24, 2.45) is 4.99 Å². The first-order valence-electron chi connectivity index (χ1n) is 7.47. The van der Waals surface area contributed by atoms with Crippen LogP contribution < -0.4 is 9.47 Å². The van der Waals surface area contributed by atoms with Gasteiger partial charge in [-0.25, -0.2) is 0 Å². The molecule has 124 valence electrons. The third kappa shape index (κ3) is 3.21. The summed E-state index contributed by atoms with van der Waals surface area (Å²) in [4.78, 5) is 19.1. The smallest absolute Gasteiger partial charge is 0.259 e. The number of carbonyl (C=O) groups is 1. The third-order valence-corrected chi connectivity index (χ3v) is 4.00. The highest BCUT2D eigenvalue weighted by molar-refractivity contribution is 6.31. The van der Waals surface area contributed by atoms with Crippen LogP contribution >= 0.6 is 11.6 Å². The molecule has 24 heavy (non-hydrogen) atoms. The van der Waals surface area contributed by atoms with Gasteiger partial charge >= 0.3 is 0 Å². The lowest BCUT2D eigenvalue weighted by molar-refractivity contribution is 0.0857. The molecular weight excluding hydrogens is 328 g/mol. The normalized spacial score (nSPS) is 13.6. The minimum absolute atomic E-state index is 0.150. The number of hydrogen-bond donors (Lipinski definition) is 0. The lowest BCUT2D eigenvalue weighted by Gasteiger charge is -2.19. The molecule has 5 nitrogen and oxygen atoms in total. The molecule has 0 atom stereocenters. The van der Waals surface area contributed by atoms with E-state index in [0.717, 1.165) is 5.56 Å². The van der Waals surface area contributed by atoms with Gasteiger partial charge in [-0.2, -0.15) is 0 Å². The van der Waals surface area contributed by atoms with Gasteiger partial charge in [0.2, 0.25) is 0 Å². The lowest BCUT2D eigenvalue weighted by Crippen LogP contribution is -2.34. The van der Waals surface area contributed by atoms with Gasteiger partial charge in [-0.3, -0.25) is 14.7 Å². The summed E-state index contributed by atoms with van der Waals surface area (Å²) < 4.78 is 10.5. The van der Waals surface area contributed by atoms with Crippen LogP contribution in [0.3, 0.4) is 0 Å². The van der Waals surface area contributed by atoms with Crippen LogP contribution in [0.2, 0.25) is 5.02 Å². The first-order valence-corrected chi connectivity index (χ1v) is 7.85. The summed E-state index contributed by atoms with van der Waals surface area (Å²) in [6.07, 6.45) is 0. The molecule has 1 heterocycles. The topological polar surface area (TPSA) is 51.1 Å². The summed E-state index contributed by atoms with van der Waals surface area (Å²) in [5.41, 5.74) is 1.31. The van der Waals surface area contributed by atoms with Crippen molar-refractivity contribution in [1.29, 1.82) is 0 Å². The first-order chi connectivity index (χ1) is 11.6. The number of amidine groups is 1. The van der Waals surface area contributed by atoms with Crippen molar-refractivity contribution >= 4 is 23.3 Å². The molecule has 0 saturated carbocycles. The molecule has 3 rings (SSSR count). The lowest BCUT2D eigenvalue weighted by atomic mass is 10.1. The molecule has 0 aliphatic carbocycles. The highest BCUT2D eigenvalue weighted by Crippen LogP contribution is 2.25. The molecule has 0 N–H and O–H groups in total. The number of nitrogens with zero attached hydrogens (tertiary/aromatic N) is 2. The average Bonchev–Trinajstić information content (AvgIpc) is 3.10. The number of amides is 1. The summed E-state index contributed by atoms with van der Waals surface area (Å²) >= 11 is 6.06. The zero-order valence-electron chi connectivity index (χ0n) is 13.5. The Morgan fingerprint density at radius 3 is 2.46 bits per heavy atom.